The minimum atomic E-state index is -0.855. The van der Waals surface area contributed by atoms with Crippen LogP contribution in [0.5, 0.6) is 0 Å². The first kappa shape index (κ1) is 14.2. The summed E-state index contributed by atoms with van der Waals surface area (Å²) in [6.45, 7) is 8.10. The molecule has 96 valence electrons. The number of aromatic carboxylic acids is 1. The lowest BCUT2D eigenvalue weighted by molar-refractivity contribution is 0.0701. The Kier molecular flexibility index (Phi) is 5.61. The lowest BCUT2D eigenvalue weighted by Crippen LogP contribution is -2.26. The molecule has 1 aromatic rings. The van der Waals surface area contributed by atoms with Crippen molar-refractivity contribution in [3.8, 4) is 0 Å². The lowest BCUT2D eigenvalue weighted by atomic mass is 10.2. The highest BCUT2D eigenvalue weighted by molar-refractivity contribution is 7.14. The fourth-order valence-electron chi connectivity index (χ4n) is 1.55. The normalized spacial score (nSPS) is 12.6. The van der Waals surface area contributed by atoms with Gasteiger partial charge in [-0.3, -0.25) is 0 Å². The smallest absolute Gasteiger partial charge is 0.345 e. The molecule has 0 radical (unpaired) electrons. The predicted molar refractivity (Wildman–Crippen MR) is 68.8 cm³/mol. The van der Waals surface area contributed by atoms with Crippen LogP contribution in [-0.4, -0.2) is 30.3 Å². The van der Waals surface area contributed by atoms with Gasteiger partial charge in [0, 0.05) is 24.6 Å². The molecule has 0 aromatic carbocycles. The summed E-state index contributed by atoms with van der Waals surface area (Å²) in [4.78, 5) is 12.3. The van der Waals surface area contributed by atoms with Gasteiger partial charge in [-0.2, -0.15) is 0 Å². The maximum Gasteiger partial charge on any atom is 0.345 e. The number of thiophene rings is 1. The molecule has 0 saturated heterocycles. The highest BCUT2D eigenvalue weighted by atomic mass is 32.1. The van der Waals surface area contributed by atoms with Gasteiger partial charge in [0.25, 0.3) is 0 Å². The van der Waals surface area contributed by atoms with Crippen LogP contribution >= 0.6 is 11.3 Å². The van der Waals surface area contributed by atoms with Gasteiger partial charge in [0.05, 0.1) is 6.10 Å². The Hall–Kier alpha value is -0.910. The van der Waals surface area contributed by atoms with E-state index < -0.39 is 5.97 Å². The lowest BCUT2D eigenvalue weighted by Gasteiger charge is -2.12. The monoisotopic (exact) mass is 257 g/mol. The van der Waals surface area contributed by atoms with E-state index >= 15 is 0 Å². The Balaban J connectivity index is 2.44. The van der Waals surface area contributed by atoms with Crippen molar-refractivity contribution in [2.24, 2.45) is 0 Å². The predicted octanol–water partition coefficient (Wildman–Crippen LogP) is 2.27. The largest absolute Gasteiger partial charge is 0.477 e. The molecule has 0 saturated carbocycles. The van der Waals surface area contributed by atoms with E-state index in [0.29, 0.717) is 18.0 Å². The molecule has 1 heterocycles. The van der Waals surface area contributed by atoms with E-state index in [4.69, 9.17) is 9.84 Å². The van der Waals surface area contributed by atoms with Gasteiger partial charge >= 0.3 is 5.97 Å². The minimum absolute atomic E-state index is 0.179. The Bertz CT molecular complexity index is 376. The van der Waals surface area contributed by atoms with Gasteiger partial charge < -0.3 is 15.2 Å². The van der Waals surface area contributed by atoms with Crippen molar-refractivity contribution >= 4 is 17.3 Å². The first-order chi connectivity index (χ1) is 8.04. The van der Waals surface area contributed by atoms with Gasteiger partial charge in [-0.15, -0.1) is 11.3 Å². The van der Waals surface area contributed by atoms with Crippen LogP contribution in [0.2, 0.25) is 0 Å². The summed E-state index contributed by atoms with van der Waals surface area (Å²) in [6, 6.07) is 1.74. The van der Waals surface area contributed by atoms with Crippen molar-refractivity contribution in [2.75, 3.05) is 13.2 Å². The van der Waals surface area contributed by atoms with E-state index in [1.54, 1.807) is 6.07 Å². The average Bonchev–Trinajstić information content (AvgIpc) is 2.61. The minimum Gasteiger partial charge on any atom is -0.477 e. The number of hydrogen-bond donors (Lipinski definition) is 2. The molecule has 0 bridgehead atoms. The van der Waals surface area contributed by atoms with Crippen molar-refractivity contribution in [3.05, 3.63) is 21.4 Å². The van der Waals surface area contributed by atoms with Crippen LogP contribution in [0.15, 0.2) is 6.07 Å². The van der Waals surface area contributed by atoms with E-state index in [1.165, 1.54) is 11.3 Å². The molecule has 0 aliphatic carbocycles. The van der Waals surface area contributed by atoms with Crippen LogP contribution in [0.4, 0.5) is 0 Å². The van der Waals surface area contributed by atoms with E-state index in [1.807, 2.05) is 20.8 Å². The fourth-order valence-corrected chi connectivity index (χ4v) is 2.43. The molecule has 0 aliphatic rings. The van der Waals surface area contributed by atoms with Gasteiger partial charge in [0.2, 0.25) is 0 Å². The number of carboxylic acids is 1. The summed E-state index contributed by atoms with van der Waals surface area (Å²) in [5.41, 5.74) is 1.05. The molecule has 0 aliphatic heterocycles. The van der Waals surface area contributed by atoms with Gasteiger partial charge in [-0.05, 0) is 32.4 Å². The van der Waals surface area contributed by atoms with Crippen molar-refractivity contribution in [1.29, 1.82) is 0 Å². The first-order valence-electron chi connectivity index (χ1n) is 5.69. The molecule has 2 N–H and O–H groups in total. The molecule has 1 atom stereocenters. The number of carboxylic acid groups (broad SMARTS) is 1. The first-order valence-corrected chi connectivity index (χ1v) is 6.51. The number of aryl methyl sites for hydroxylation is 1. The van der Waals surface area contributed by atoms with Crippen LogP contribution < -0.4 is 5.32 Å². The number of nitrogens with one attached hydrogen (secondary N) is 1. The van der Waals surface area contributed by atoms with E-state index in [9.17, 15) is 4.79 Å². The number of hydrogen-bond acceptors (Lipinski definition) is 4. The summed E-state index contributed by atoms with van der Waals surface area (Å²) in [6.07, 6.45) is 0.179. The summed E-state index contributed by atoms with van der Waals surface area (Å²) >= 11 is 1.32. The molecule has 1 unspecified atom stereocenters. The van der Waals surface area contributed by atoms with E-state index in [-0.39, 0.29) is 6.10 Å². The molecule has 5 heteroatoms. The van der Waals surface area contributed by atoms with Gasteiger partial charge in [0.15, 0.2) is 0 Å². The molecule has 1 rings (SSSR count). The van der Waals surface area contributed by atoms with Crippen molar-refractivity contribution < 1.29 is 14.6 Å². The summed E-state index contributed by atoms with van der Waals surface area (Å²) in [5, 5.41) is 12.1. The Morgan fingerprint density at radius 2 is 2.35 bits per heavy atom. The van der Waals surface area contributed by atoms with Crippen molar-refractivity contribution in [3.63, 3.8) is 0 Å². The van der Waals surface area contributed by atoms with Crippen LogP contribution in [0.25, 0.3) is 0 Å². The molecule has 0 spiro atoms. The molecule has 1 aromatic heterocycles. The summed E-state index contributed by atoms with van der Waals surface area (Å²) in [5.74, 6) is -0.855. The zero-order valence-electron chi connectivity index (χ0n) is 10.4. The van der Waals surface area contributed by atoms with Crippen LogP contribution in [0.1, 0.15) is 34.0 Å². The SMILES string of the molecule is CCOC(C)CNCc1cc(C(=O)O)sc1C. The standard InChI is InChI=1S/C12H19NO3S/c1-4-16-8(2)6-13-7-10-5-11(12(14)15)17-9(10)3/h5,8,13H,4,6-7H2,1-3H3,(H,14,15). The van der Waals surface area contributed by atoms with E-state index in [2.05, 4.69) is 5.32 Å². The highest BCUT2D eigenvalue weighted by Crippen LogP contribution is 2.21. The molecule has 17 heavy (non-hydrogen) atoms. The van der Waals surface area contributed by atoms with Gasteiger partial charge in [-0.1, -0.05) is 0 Å². The van der Waals surface area contributed by atoms with Gasteiger partial charge in [0.1, 0.15) is 4.88 Å². The molecule has 4 nitrogen and oxygen atoms in total. The third-order valence-electron chi connectivity index (χ3n) is 2.43. The molecule has 0 fully saturated rings. The fraction of sp³-hybridized carbons (Fsp3) is 0.583. The zero-order chi connectivity index (χ0) is 12.8. The highest BCUT2D eigenvalue weighted by Gasteiger charge is 2.10. The van der Waals surface area contributed by atoms with E-state index in [0.717, 1.165) is 17.0 Å². The number of rotatable bonds is 7. The van der Waals surface area contributed by atoms with Crippen molar-refractivity contribution in [1.82, 2.24) is 5.32 Å². The quantitative estimate of drug-likeness (QED) is 0.786. The topological polar surface area (TPSA) is 58.6 Å². The second-order valence-electron chi connectivity index (χ2n) is 3.89. The average molecular weight is 257 g/mol. The number of ether oxygens (including phenoxy) is 1. The second kappa shape index (κ2) is 6.74. The van der Waals surface area contributed by atoms with Crippen LogP contribution in [0, 0.1) is 6.92 Å². The zero-order valence-corrected chi connectivity index (χ0v) is 11.3. The Labute approximate surface area is 106 Å². The summed E-state index contributed by atoms with van der Waals surface area (Å²) in [7, 11) is 0. The maximum absolute atomic E-state index is 10.8. The third-order valence-corrected chi connectivity index (χ3v) is 3.51. The number of carbonyl (C=O) groups is 1. The van der Waals surface area contributed by atoms with Crippen LogP contribution in [0.3, 0.4) is 0 Å². The second-order valence-corrected chi connectivity index (χ2v) is 5.15. The Morgan fingerprint density at radius 1 is 1.65 bits per heavy atom. The maximum atomic E-state index is 10.8. The molecule has 0 amide bonds. The van der Waals surface area contributed by atoms with Crippen molar-refractivity contribution in [2.45, 2.75) is 33.4 Å². The third kappa shape index (κ3) is 4.46. The van der Waals surface area contributed by atoms with Crippen LogP contribution in [-0.2, 0) is 11.3 Å². The molecular formula is C12H19NO3S. The Morgan fingerprint density at radius 3 is 2.88 bits per heavy atom. The van der Waals surface area contributed by atoms with Gasteiger partial charge in [-0.25, -0.2) is 4.79 Å². The molecular weight excluding hydrogens is 238 g/mol. The summed E-state index contributed by atoms with van der Waals surface area (Å²) < 4.78 is 5.40.